The van der Waals surface area contributed by atoms with Crippen molar-refractivity contribution < 1.29 is 43.2 Å². The van der Waals surface area contributed by atoms with E-state index < -0.39 is 101 Å². The molecule has 0 aliphatic carbocycles. The van der Waals surface area contributed by atoms with Gasteiger partial charge in [-0.25, -0.2) is 4.98 Å². The number of aliphatic imine (C=N–C) groups is 1. The van der Waals surface area contributed by atoms with Gasteiger partial charge in [0, 0.05) is 73.2 Å². The number of H-pyrrole nitrogens is 2. The highest BCUT2D eigenvalue weighted by molar-refractivity contribution is 7.80. The van der Waals surface area contributed by atoms with Crippen LogP contribution < -0.4 is 59.7 Å². The number of fused-ring (bicyclic) bond motifs is 1. The second-order valence-electron chi connectivity index (χ2n) is 18.6. The molecule has 0 aliphatic heterocycles. The Morgan fingerprint density at radius 3 is 1.75 bits per heavy atom. The SMILES string of the molecule is CCCC[C@H](NC(C)=O)C(=O)N[C@H](CS)C(=O)NC(C)(C)C(=O)N[C@@H](Cc1cnc[nH]1)C(=O)N[C@H](Cc1ccccc1)C(=O)N[C@@H](CCCN=C(N)N)C(=O)N[C@@H](Cc1c[nH]c2ccccc12)C(=O)N[C@@H](CS)C(N)=O. The molecule has 0 saturated heterocycles. The van der Waals surface area contributed by atoms with E-state index in [0.29, 0.717) is 29.7 Å². The molecule has 0 bridgehead atoms. The third-order valence-electron chi connectivity index (χ3n) is 12.0. The number of thiol groups is 2. The van der Waals surface area contributed by atoms with Crippen LogP contribution in [0.15, 0.2) is 78.3 Å². The molecule has 0 spiro atoms. The Balaban J connectivity index is 1.62. The number of nitrogens with two attached hydrogens (primary N) is 3. The zero-order chi connectivity index (χ0) is 56.0. The van der Waals surface area contributed by atoms with E-state index in [-0.39, 0.29) is 56.1 Å². The van der Waals surface area contributed by atoms with Crippen LogP contribution in [0.5, 0.6) is 0 Å². The summed E-state index contributed by atoms with van der Waals surface area (Å²) in [5.41, 5.74) is 17.4. The minimum absolute atomic E-state index is 0.0570. The Kier molecular flexibility index (Phi) is 24.1. The topological polar surface area (TPSA) is 385 Å². The highest BCUT2D eigenvalue weighted by Gasteiger charge is 2.38. The summed E-state index contributed by atoms with van der Waals surface area (Å²) in [5.74, 6) is -7.22. The number of nitrogens with zero attached hydrogens (tertiary/aromatic N) is 2. The van der Waals surface area contributed by atoms with E-state index in [9.17, 15) is 43.2 Å². The van der Waals surface area contributed by atoms with Gasteiger partial charge in [0.2, 0.25) is 53.2 Å². The Bertz CT molecular complexity index is 2650. The average molecular weight is 1090 g/mol. The highest BCUT2D eigenvalue weighted by Crippen LogP contribution is 2.20. The Labute approximate surface area is 451 Å². The molecule has 2 aromatic heterocycles. The van der Waals surface area contributed by atoms with Crippen LogP contribution >= 0.6 is 25.3 Å². The van der Waals surface area contributed by atoms with E-state index in [1.807, 2.05) is 31.2 Å². The van der Waals surface area contributed by atoms with Gasteiger partial charge in [0.1, 0.15) is 47.8 Å². The van der Waals surface area contributed by atoms with Gasteiger partial charge in [0.25, 0.3) is 0 Å². The number of aromatic nitrogens is 3. The summed E-state index contributed by atoms with van der Waals surface area (Å²) in [7, 11) is 0. The zero-order valence-electron chi connectivity index (χ0n) is 42.9. The Hall–Kier alpha value is -7.61. The average Bonchev–Trinajstić information content (AvgIpc) is 4.06. The molecule has 76 heavy (non-hydrogen) atoms. The maximum atomic E-state index is 14.7. The number of hydrogen-bond acceptors (Lipinski definition) is 13. The van der Waals surface area contributed by atoms with Crippen molar-refractivity contribution in [1.29, 1.82) is 0 Å². The molecule has 2 aromatic carbocycles. The molecule has 0 fully saturated rings. The van der Waals surface area contributed by atoms with Gasteiger partial charge in [-0.15, -0.1) is 0 Å². The van der Waals surface area contributed by atoms with Gasteiger partial charge in [-0.05, 0) is 50.3 Å². The molecule has 16 N–H and O–H groups in total. The van der Waals surface area contributed by atoms with Gasteiger partial charge >= 0.3 is 0 Å². The number of para-hydroxylation sites is 1. The van der Waals surface area contributed by atoms with Crippen LogP contribution in [0.4, 0.5) is 0 Å². The lowest BCUT2D eigenvalue weighted by Crippen LogP contribution is -2.63. The van der Waals surface area contributed by atoms with Crippen LogP contribution in [0.3, 0.4) is 0 Å². The van der Waals surface area contributed by atoms with Crippen molar-refractivity contribution in [3.63, 3.8) is 0 Å². The maximum Gasteiger partial charge on any atom is 0.245 e. The van der Waals surface area contributed by atoms with Gasteiger partial charge in [-0.3, -0.25) is 48.1 Å². The number of rotatable bonds is 31. The predicted molar refractivity (Wildman–Crippen MR) is 292 cm³/mol. The second-order valence-corrected chi connectivity index (χ2v) is 19.3. The first-order chi connectivity index (χ1) is 36.1. The molecule has 4 aromatic rings. The fourth-order valence-electron chi connectivity index (χ4n) is 7.86. The third kappa shape index (κ3) is 19.3. The molecule has 0 saturated carbocycles. The lowest BCUT2D eigenvalue weighted by atomic mass is 10.0. The summed E-state index contributed by atoms with van der Waals surface area (Å²) >= 11 is 8.41. The van der Waals surface area contributed by atoms with Crippen molar-refractivity contribution in [1.82, 2.24) is 57.5 Å². The summed E-state index contributed by atoms with van der Waals surface area (Å²) < 4.78 is 0. The van der Waals surface area contributed by atoms with E-state index in [1.165, 1.54) is 33.3 Å². The minimum Gasteiger partial charge on any atom is -0.370 e. The van der Waals surface area contributed by atoms with Gasteiger partial charge in [-0.1, -0.05) is 68.3 Å². The molecular weight excluding hydrogens is 1020 g/mol. The number of guanidine groups is 1. The van der Waals surface area contributed by atoms with Crippen LogP contribution in [0.2, 0.25) is 0 Å². The molecule has 2 heterocycles. The van der Waals surface area contributed by atoms with E-state index in [1.54, 1.807) is 36.5 Å². The zero-order valence-corrected chi connectivity index (χ0v) is 44.7. The van der Waals surface area contributed by atoms with E-state index in [4.69, 9.17) is 17.2 Å². The monoisotopic (exact) mass is 1090 g/mol. The number of carbonyl (C=O) groups excluding carboxylic acids is 9. The van der Waals surface area contributed by atoms with Crippen molar-refractivity contribution in [3.8, 4) is 0 Å². The molecule has 0 radical (unpaired) electrons. The van der Waals surface area contributed by atoms with Gasteiger partial charge in [0.05, 0.1) is 6.33 Å². The van der Waals surface area contributed by atoms with Crippen molar-refractivity contribution in [2.75, 3.05) is 18.1 Å². The molecule has 412 valence electrons. The summed E-state index contributed by atoms with van der Waals surface area (Å²) in [4.78, 5) is 137. The summed E-state index contributed by atoms with van der Waals surface area (Å²) in [6, 6.07) is 7.19. The molecule has 7 atom stereocenters. The normalized spacial score (nSPS) is 14.0. The molecule has 0 unspecified atom stereocenters. The van der Waals surface area contributed by atoms with E-state index >= 15 is 0 Å². The summed E-state index contributed by atoms with van der Waals surface area (Å²) in [5, 5.41) is 22.1. The Morgan fingerprint density at radius 2 is 1.17 bits per heavy atom. The van der Waals surface area contributed by atoms with Gasteiger partial charge < -0.3 is 69.7 Å². The van der Waals surface area contributed by atoms with Crippen LogP contribution in [-0.2, 0) is 62.4 Å². The maximum absolute atomic E-state index is 14.7. The number of primary amides is 1. The summed E-state index contributed by atoms with van der Waals surface area (Å²) in [6.07, 6.45) is 5.98. The minimum atomic E-state index is -1.72. The molecule has 26 heteroatoms. The summed E-state index contributed by atoms with van der Waals surface area (Å²) in [6.45, 7) is 6.03. The predicted octanol–water partition coefficient (Wildman–Crippen LogP) is -1.18. The number of amides is 9. The van der Waals surface area contributed by atoms with Gasteiger partial charge in [-0.2, -0.15) is 25.3 Å². The smallest absolute Gasteiger partial charge is 0.245 e. The quantitative estimate of drug-likeness (QED) is 0.0123. The van der Waals surface area contributed by atoms with E-state index in [2.05, 4.69) is 87.7 Å². The third-order valence-corrected chi connectivity index (χ3v) is 12.8. The number of hydrogen-bond donors (Lipinski definition) is 15. The first-order valence-corrected chi connectivity index (χ1v) is 26.0. The number of unbranched alkanes of at least 4 members (excludes halogenated alkanes) is 1. The standard InChI is InChI=1S/C50H71N15O9S2/c1-5-6-16-34(58-28(2)66)42(68)63-40(26-76)47(73)65-50(3,4)48(74)64-38(22-31-24-54-27-57-31)46(72)60-36(20-29-13-8-7-9-14-29)44(70)59-35(18-12-19-55-49(52)53)43(69)61-37(45(71)62-39(25-75)41(51)67)21-30-23-56-33-17-11-10-15-32(30)33/h7-11,13-15,17,23-24,27,34-40,56,75-76H,5-6,12,16,18-22,25-26H2,1-4H3,(H2,51,67)(H,54,57)(H,58,66)(H,59,70)(H,60,72)(H,61,69)(H,62,71)(H,63,68)(H,64,74)(H,65,73)(H4,52,53,55)/t34-,35-,36+,37-,38-,39-,40+/m0/s1. The van der Waals surface area contributed by atoms with Gasteiger partial charge in [0.15, 0.2) is 5.96 Å². The van der Waals surface area contributed by atoms with Crippen molar-refractivity contribution in [2.45, 2.75) is 127 Å². The van der Waals surface area contributed by atoms with Crippen molar-refractivity contribution in [3.05, 3.63) is 90.1 Å². The second kappa shape index (κ2) is 30.1. The molecule has 4 rings (SSSR count). The number of nitrogens with one attached hydrogen (secondary N) is 10. The number of imidazole rings is 1. The number of benzene rings is 2. The first-order valence-electron chi connectivity index (χ1n) is 24.7. The fraction of sp³-hybridized carbons (Fsp3) is 0.460. The van der Waals surface area contributed by atoms with Crippen LogP contribution in [0.1, 0.15) is 76.6 Å². The highest BCUT2D eigenvalue weighted by atomic mass is 32.1. The lowest BCUT2D eigenvalue weighted by molar-refractivity contribution is -0.137. The molecule has 0 aliphatic rings. The largest absolute Gasteiger partial charge is 0.370 e. The van der Waals surface area contributed by atoms with Crippen molar-refractivity contribution >= 4 is 95.3 Å². The number of carbonyl (C=O) groups is 9. The van der Waals surface area contributed by atoms with Crippen molar-refractivity contribution in [2.24, 2.45) is 22.2 Å². The van der Waals surface area contributed by atoms with Crippen LogP contribution in [0, 0.1) is 0 Å². The lowest BCUT2D eigenvalue weighted by Gasteiger charge is -2.31. The first kappa shape index (κ1) is 60.9. The van der Waals surface area contributed by atoms with E-state index in [0.717, 1.165) is 17.3 Å². The molecular formula is C50H71N15O9S2. The van der Waals surface area contributed by atoms with Crippen LogP contribution in [-0.4, -0.2) is 140 Å². The van der Waals surface area contributed by atoms with Crippen LogP contribution in [0.25, 0.3) is 10.9 Å². The molecule has 9 amide bonds. The number of aromatic amines is 2. The fourth-order valence-corrected chi connectivity index (χ4v) is 8.39. The molecule has 24 nitrogen and oxygen atoms in total. The Morgan fingerprint density at radius 1 is 0.632 bits per heavy atom.